The summed E-state index contributed by atoms with van der Waals surface area (Å²) in [7, 11) is 0. The highest BCUT2D eigenvalue weighted by Gasteiger charge is 2.55. The predicted molar refractivity (Wildman–Crippen MR) is 143 cm³/mol. The molecule has 0 radical (unpaired) electrons. The molecule has 2 aliphatic heterocycles. The molecule has 3 amide bonds. The fraction of sp³-hybridized carbons (Fsp3) is 0.516. The van der Waals surface area contributed by atoms with Gasteiger partial charge < -0.3 is 15.3 Å². The molecule has 2 aromatic carbocycles. The number of rotatable bonds is 10. The van der Waals surface area contributed by atoms with Crippen molar-refractivity contribution in [1.29, 1.82) is 0 Å². The van der Waals surface area contributed by atoms with Crippen molar-refractivity contribution in [1.82, 2.24) is 15.1 Å². The van der Waals surface area contributed by atoms with Gasteiger partial charge >= 0.3 is 0 Å². The zero-order valence-corrected chi connectivity index (χ0v) is 21.9. The second-order valence-electron chi connectivity index (χ2n) is 11.6. The van der Waals surface area contributed by atoms with E-state index < -0.39 is 5.60 Å². The number of benzene rings is 2. The second kappa shape index (κ2) is 10.3. The molecule has 4 aliphatic rings. The standard InChI is InChI=1S/C31H37N3O4/c35-28-23-14-6-7-15-24(23)29(36)34(28)17-9-8-16-33-19-26-25(27(26)20-33)18-32-30(37)31(38,22-12-4-5-13-22)21-10-2-1-3-11-21/h1-3,6-7,10-11,14-15,22,25-27,38H,4-5,8-9,12-13,16-20H2,(H,32,37). The Morgan fingerprint density at radius 3 is 2.08 bits per heavy atom. The van der Waals surface area contributed by atoms with Gasteiger partial charge in [0.05, 0.1) is 11.1 Å². The lowest BCUT2D eigenvalue weighted by Gasteiger charge is -2.33. The molecule has 0 spiro atoms. The van der Waals surface area contributed by atoms with Crippen molar-refractivity contribution in [2.75, 3.05) is 32.7 Å². The maximum absolute atomic E-state index is 13.3. The first kappa shape index (κ1) is 25.3. The highest BCUT2D eigenvalue weighted by atomic mass is 16.3. The first-order valence-electron chi connectivity index (χ1n) is 14.2. The van der Waals surface area contributed by atoms with Crippen molar-refractivity contribution in [3.63, 3.8) is 0 Å². The maximum Gasteiger partial charge on any atom is 0.261 e. The van der Waals surface area contributed by atoms with Crippen LogP contribution in [0.2, 0.25) is 0 Å². The summed E-state index contributed by atoms with van der Waals surface area (Å²) in [5.74, 6) is 1.06. The Balaban J connectivity index is 0.937. The lowest BCUT2D eigenvalue weighted by Crippen LogP contribution is -2.49. The molecule has 3 atom stereocenters. The molecule has 7 heteroatoms. The molecule has 3 unspecified atom stereocenters. The van der Waals surface area contributed by atoms with E-state index in [2.05, 4.69) is 10.2 Å². The Kier molecular flexibility index (Phi) is 6.82. The molecule has 6 rings (SSSR count). The van der Waals surface area contributed by atoms with Crippen LogP contribution in [0.5, 0.6) is 0 Å². The van der Waals surface area contributed by atoms with Crippen LogP contribution in [-0.4, -0.2) is 65.4 Å². The van der Waals surface area contributed by atoms with Crippen LogP contribution in [0.3, 0.4) is 0 Å². The average molecular weight is 516 g/mol. The minimum absolute atomic E-state index is 0.0283. The summed E-state index contributed by atoms with van der Waals surface area (Å²) in [6.45, 7) is 4.12. The van der Waals surface area contributed by atoms with Crippen molar-refractivity contribution in [3.05, 3.63) is 71.3 Å². The number of imide groups is 1. The molecular formula is C31H37N3O4. The summed E-state index contributed by atoms with van der Waals surface area (Å²) in [6.07, 6.45) is 5.64. The third-order valence-electron chi connectivity index (χ3n) is 9.44. The molecule has 2 aliphatic carbocycles. The Morgan fingerprint density at radius 1 is 0.868 bits per heavy atom. The monoisotopic (exact) mass is 515 g/mol. The van der Waals surface area contributed by atoms with E-state index in [0.29, 0.717) is 47.5 Å². The van der Waals surface area contributed by atoms with Crippen LogP contribution >= 0.6 is 0 Å². The van der Waals surface area contributed by atoms with Gasteiger partial charge in [-0.1, -0.05) is 55.3 Å². The Hall–Kier alpha value is -3.03. The average Bonchev–Trinajstić information content (AvgIpc) is 3.36. The van der Waals surface area contributed by atoms with Gasteiger partial charge in [0.2, 0.25) is 0 Å². The lowest BCUT2D eigenvalue weighted by atomic mass is 9.79. The van der Waals surface area contributed by atoms with Gasteiger partial charge in [-0.15, -0.1) is 0 Å². The van der Waals surface area contributed by atoms with Crippen molar-refractivity contribution in [3.8, 4) is 0 Å². The number of hydrogen-bond acceptors (Lipinski definition) is 5. The lowest BCUT2D eigenvalue weighted by molar-refractivity contribution is -0.147. The largest absolute Gasteiger partial charge is 0.375 e. The summed E-state index contributed by atoms with van der Waals surface area (Å²) >= 11 is 0. The number of nitrogens with one attached hydrogen (secondary N) is 1. The van der Waals surface area contributed by atoms with E-state index in [-0.39, 0.29) is 23.6 Å². The van der Waals surface area contributed by atoms with Crippen LogP contribution in [0, 0.1) is 23.7 Å². The summed E-state index contributed by atoms with van der Waals surface area (Å²) in [4.78, 5) is 42.2. The smallest absolute Gasteiger partial charge is 0.261 e. The normalized spacial score (nSPS) is 26.3. The van der Waals surface area contributed by atoms with Crippen molar-refractivity contribution in [2.24, 2.45) is 23.7 Å². The fourth-order valence-corrected chi connectivity index (χ4v) is 7.20. The van der Waals surface area contributed by atoms with Gasteiger partial charge in [0, 0.05) is 32.1 Å². The molecule has 0 bridgehead atoms. The number of aliphatic hydroxyl groups is 1. The molecule has 1 saturated heterocycles. The van der Waals surface area contributed by atoms with Crippen LogP contribution in [-0.2, 0) is 10.4 Å². The summed E-state index contributed by atoms with van der Waals surface area (Å²) in [6, 6.07) is 16.5. The molecule has 200 valence electrons. The predicted octanol–water partition coefficient (Wildman–Crippen LogP) is 3.43. The SMILES string of the molecule is O=C1c2ccccc2C(=O)N1CCCCN1CC2C(CNC(=O)C(O)(c3ccccc3)C3CCCC3)C2C1. The zero-order valence-electron chi connectivity index (χ0n) is 21.9. The van der Waals surface area contributed by atoms with Crippen molar-refractivity contribution < 1.29 is 19.5 Å². The van der Waals surface area contributed by atoms with Crippen LogP contribution in [0.4, 0.5) is 0 Å². The summed E-state index contributed by atoms with van der Waals surface area (Å²) in [5.41, 5.74) is 0.280. The highest BCUT2D eigenvalue weighted by molar-refractivity contribution is 6.21. The van der Waals surface area contributed by atoms with Crippen molar-refractivity contribution in [2.45, 2.75) is 44.1 Å². The van der Waals surface area contributed by atoms with Crippen LogP contribution in [0.1, 0.15) is 64.8 Å². The fourth-order valence-electron chi connectivity index (χ4n) is 7.20. The highest BCUT2D eigenvalue weighted by Crippen LogP contribution is 2.51. The van der Waals surface area contributed by atoms with Gasteiger partial charge in [-0.3, -0.25) is 19.3 Å². The van der Waals surface area contributed by atoms with Crippen LogP contribution in [0.25, 0.3) is 0 Å². The van der Waals surface area contributed by atoms with E-state index in [4.69, 9.17) is 0 Å². The van der Waals surface area contributed by atoms with E-state index in [1.165, 1.54) is 4.90 Å². The summed E-state index contributed by atoms with van der Waals surface area (Å²) < 4.78 is 0. The Bertz CT molecular complexity index is 1160. The number of carbonyl (C=O) groups is 3. The molecule has 3 fully saturated rings. The number of unbranched alkanes of at least 4 members (excludes halogenated alkanes) is 1. The van der Waals surface area contributed by atoms with Gasteiger partial charge in [-0.05, 0) is 67.7 Å². The van der Waals surface area contributed by atoms with Gasteiger partial charge in [-0.2, -0.15) is 0 Å². The third kappa shape index (κ3) is 4.46. The van der Waals surface area contributed by atoms with Gasteiger partial charge in [0.25, 0.3) is 17.7 Å². The number of nitrogens with zero attached hydrogens (tertiary/aromatic N) is 2. The first-order valence-corrected chi connectivity index (χ1v) is 14.2. The molecule has 7 nitrogen and oxygen atoms in total. The van der Waals surface area contributed by atoms with Crippen LogP contribution in [0.15, 0.2) is 54.6 Å². The molecule has 2 aromatic rings. The summed E-state index contributed by atoms with van der Waals surface area (Å²) in [5, 5.41) is 14.8. The Morgan fingerprint density at radius 2 is 1.45 bits per heavy atom. The maximum atomic E-state index is 13.3. The van der Waals surface area contributed by atoms with E-state index in [1.54, 1.807) is 24.3 Å². The second-order valence-corrected chi connectivity index (χ2v) is 11.6. The van der Waals surface area contributed by atoms with Crippen molar-refractivity contribution >= 4 is 17.7 Å². The number of piperidine rings is 1. The Labute approximate surface area is 224 Å². The number of likely N-dealkylation sites (tertiary alicyclic amines) is 1. The van der Waals surface area contributed by atoms with E-state index in [1.807, 2.05) is 30.3 Å². The minimum Gasteiger partial charge on any atom is -0.375 e. The van der Waals surface area contributed by atoms with Crippen LogP contribution < -0.4 is 5.32 Å². The minimum atomic E-state index is -1.45. The molecule has 2 saturated carbocycles. The third-order valence-corrected chi connectivity index (χ3v) is 9.44. The molecule has 2 N–H and O–H groups in total. The number of amides is 3. The zero-order chi connectivity index (χ0) is 26.3. The van der Waals surface area contributed by atoms with E-state index in [0.717, 1.165) is 58.2 Å². The first-order chi connectivity index (χ1) is 18.5. The molecule has 0 aromatic heterocycles. The van der Waals surface area contributed by atoms with E-state index >= 15 is 0 Å². The number of hydrogen-bond donors (Lipinski definition) is 2. The number of fused-ring (bicyclic) bond motifs is 2. The van der Waals surface area contributed by atoms with Gasteiger partial charge in [0.1, 0.15) is 0 Å². The van der Waals surface area contributed by atoms with Gasteiger partial charge in [0.15, 0.2) is 5.60 Å². The van der Waals surface area contributed by atoms with E-state index in [9.17, 15) is 19.5 Å². The topological polar surface area (TPSA) is 90.0 Å². The molecule has 38 heavy (non-hydrogen) atoms. The van der Waals surface area contributed by atoms with Gasteiger partial charge in [-0.25, -0.2) is 0 Å². The quantitative estimate of drug-likeness (QED) is 0.374. The molecule has 2 heterocycles. The molecular weight excluding hydrogens is 478 g/mol. The number of carbonyl (C=O) groups excluding carboxylic acids is 3.